The molecule has 1 amide bonds. The third kappa shape index (κ3) is 4.29. The van der Waals surface area contributed by atoms with Gasteiger partial charge < -0.3 is 15.2 Å². The molecule has 0 spiro atoms. The van der Waals surface area contributed by atoms with Gasteiger partial charge in [0.25, 0.3) is 0 Å². The first kappa shape index (κ1) is 24.2. The summed E-state index contributed by atoms with van der Waals surface area (Å²) in [6, 6.07) is 8.09. The zero-order valence-electron chi connectivity index (χ0n) is 20.2. The molecule has 1 heterocycles. The van der Waals surface area contributed by atoms with Crippen LogP contribution in [0.5, 0.6) is 0 Å². The van der Waals surface area contributed by atoms with E-state index < -0.39 is 23.8 Å². The van der Waals surface area contributed by atoms with E-state index in [1.165, 1.54) is 16.9 Å². The molecule has 6 nitrogen and oxygen atoms in total. The van der Waals surface area contributed by atoms with E-state index in [0.29, 0.717) is 17.0 Å². The van der Waals surface area contributed by atoms with Gasteiger partial charge in [0.2, 0.25) is 5.91 Å². The van der Waals surface area contributed by atoms with E-state index in [1.54, 1.807) is 6.92 Å². The summed E-state index contributed by atoms with van der Waals surface area (Å²) in [5.74, 6) is -3.42. The predicted molar refractivity (Wildman–Crippen MR) is 133 cm³/mol. The number of carbonyl (C=O) groups excluding carboxylic acids is 2. The summed E-state index contributed by atoms with van der Waals surface area (Å²) in [5.41, 5.74) is 3.12. The van der Waals surface area contributed by atoms with Crippen LogP contribution in [-0.4, -0.2) is 29.6 Å². The van der Waals surface area contributed by atoms with Crippen LogP contribution in [0, 0.1) is 30.6 Å². The van der Waals surface area contributed by atoms with E-state index in [4.69, 9.17) is 4.74 Å². The summed E-state index contributed by atoms with van der Waals surface area (Å²) >= 11 is 1.32. The number of fused-ring (bicyclic) bond motifs is 2. The minimum atomic E-state index is -0.954. The standard InChI is InChI=1S/C27H31NO5S/c1-6-33-26(32)22-19(15-9-11-18(12-10-15)27(3,4)5)14(2)34-24(22)28-23(29)20-16-7-8-17(13-16)21(20)25(30)31/h7-12,16-17,20-21H,6,13H2,1-5H3,(H,28,29)(H,30,31). The second kappa shape index (κ2) is 9.02. The molecule has 2 bridgehead atoms. The van der Waals surface area contributed by atoms with E-state index in [9.17, 15) is 19.5 Å². The Morgan fingerprint density at radius 3 is 2.26 bits per heavy atom. The van der Waals surface area contributed by atoms with E-state index in [-0.39, 0.29) is 29.8 Å². The van der Waals surface area contributed by atoms with Crippen molar-refractivity contribution in [2.45, 2.75) is 46.5 Å². The van der Waals surface area contributed by atoms with Gasteiger partial charge in [-0.2, -0.15) is 0 Å². The number of rotatable bonds is 6. The summed E-state index contributed by atoms with van der Waals surface area (Å²) < 4.78 is 5.35. The number of aryl methyl sites for hydroxylation is 1. The van der Waals surface area contributed by atoms with Gasteiger partial charge in [0.1, 0.15) is 10.6 Å². The Hall–Kier alpha value is -2.93. The molecule has 7 heteroatoms. The van der Waals surface area contributed by atoms with Gasteiger partial charge in [-0.1, -0.05) is 57.2 Å². The summed E-state index contributed by atoms with van der Waals surface area (Å²) in [7, 11) is 0. The summed E-state index contributed by atoms with van der Waals surface area (Å²) in [5, 5.41) is 13.0. The van der Waals surface area contributed by atoms with Gasteiger partial charge in [0, 0.05) is 10.4 Å². The molecular formula is C27H31NO5S. The normalized spacial score (nSPS) is 23.2. The van der Waals surface area contributed by atoms with Crippen LogP contribution in [0.1, 0.15) is 54.9 Å². The maximum Gasteiger partial charge on any atom is 0.341 e. The largest absolute Gasteiger partial charge is 0.481 e. The van der Waals surface area contributed by atoms with Crippen molar-refractivity contribution in [3.05, 3.63) is 52.4 Å². The van der Waals surface area contributed by atoms with Crippen molar-refractivity contribution in [2.75, 3.05) is 11.9 Å². The number of anilines is 1. The van der Waals surface area contributed by atoms with Gasteiger partial charge in [-0.05, 0) is 48.6 Å². The fourth-order valence-corrected chi connectivity index (χ4v) is 6.29. The van der Waals surface area contributed by atoms with Gasteiger partial charge in [0.15, 0.2) is 0 Å². The maximum atomic E-state index is 13.3. The zero-order chi connectivity index (χ0) is 24.8. The van der Waals surface area contributed by atoms with Crippen LogP contribution in [0.15, 0.2) is 36.4 Å². The first-order chi connectivity index (χ1) is 16.0. The van der Waals surface area contributed by atoms with Crippen molar-refractivity contribution in [1.29, 1.82) is 0 Å². The molecule has 1 saturated carbocycles. The number of thiophene rings is 1. The van der Waals surface area contributed by atoms with Crippen molar-refractivity contribution in [3.63, 3.8) is 0 Å². The molecule has 4 rings (SSSR count). The van der Waals surface area contributed by atoms with Gasteiger partial charge in [-0.3, -0.25) is 9.59 Å². The molecule has 0 radical (unpaired) electrons. The second-order valence-electron chi connectivity index (χ2n) is 10.1. The highest BCUT2D eigenvalue weighted by Gasteiger charge is 2.51. The lowest BCUT2D eigenvalue weighted by atomic mass is 9.82. The van der Waals surface area contributed by atoms with Crippen LogP contribution in [0.3, 0.4) is 0 Å². The number of hydrogen-bond donors (Lipinski definition) is 2. The molecule has 2 aliphatic carbocycles. The van der Waals surface area contributed by atoms with Crippen LogP contribution in [0.2, 0.25) is 0 Å². The minimum absolute atomic E-state index is 0.00111. The number of hydrogen-bond acceptors (Lipinski definition) is 5. The first-order valence-corrected chi connectivity index (χ1v) is 12.5. The van der Waals surface area contributed by atoms with E-state index >= 15 is 0 Å². The number of carboxylic acids is 1. The van der Waals surface area contributed by atoms with Crippen molar-refractivity contribution in [2.24, 2.45) is 23.7 Å². The molecule has 1 aromatic heterocycles. The number of carboxylic acid groups (broad SMARTS) is 1. The van der Waals surface area contributed by atoms with Crippen molar-refractivity contribution in [3.8, 4) is 11.1 Å². The lowest BCUT2D eigenvalue weighted by Crippen LogP contribution is -2.36. The fourth-order valence-electron chi connectivity index (χ4n) is 5.23. The van der Waals surface area contributed by atoms with Crippen LogP contribution in [0.25, 0.3) is 11.1 Å². The molecule has 180 valence electrons. The van der Waals surface area contributed by atoms with Gasteiger partial charge in [-0.25, -0.2) is 4.79 Å². The molecule has 1 aromatic carbocycles. The molecule has 2 aromatic rings. The topological polar surface area (TPSA) is 92.7 Å². The Balaban J connectivity index is 1.71. The van der Waals surface area contributed by atoms with Gasteiger partial charge in [-0.15, -0.1) is 11.3 Å². The molecule has 2 N–H and O–H groups in total. The maximum absolute atomic E-state index is 13.3. The number of nitrogens with one attached hydrogen (secondary N) is 1. The lowest BCUT2D eigenvalue weighted by molar-refractivity contribution is -0.146. The number of esters is 1. The summed E-state index contributed by atoms with van der Waals surface area (Å²) in [4.78, 5) is 39.1. The molecule has 2 aliphatic rings. The van der Waals surface area contributed by atoms with E-state index in [0.717, 1.165) is 16.0 Å². The molecule has 0 aliphatic heterocycles. The Labute approximate surface area is 204 Å². The van der Waals surface area contributed by atoms with Crippen LogP contribution in [-0.2, 0) is 19.7 Å². The Bertz CT molecular complexity index is 1150. The highest BCUT2D eigenvalue weighted by atomic mass is 32.1. The smallest absolute Gasteiger partial charge is 0.341 e. The fraction of sp³-hybridized carbons (Fsp3) is 0.444. The van der Waals surface area contributed by atoms with E-state index in [1.807, 2.05) is 31.2 Å². The summed E-state index contributed by atoms with van der Waals surface area (Å²) in [6.45, 7) is 10.3. The Morgan fingerprint density at radius 1 is 1.09 bits per heavy atom. The highest BCUT2D eigenvalue weighted by Crippen LogP contribution is 2.49. The quantitative estimate of drug-likeness (QED) is 0.410. The van der Waals surface area contributed by atoms with Gasteiger partial charge in [0.05, 0.1) is 18.4 Å². The Morgan fingerprint density at radius 2 is 1.71 bits per heavy atom. The van der Waals surface area contributed by atoms with Crippen LogP contribution >= 0.6 is 11.3 Å². The lowest BCUT2D eigenvalue weighted by Gasteiger charge is -2.23. The number of amides is 1. The Kier molecular flexibility index (Phi) is 6.42. The van der Waals surface area contributed by atoms with Crippen molar-refractivity contribution >= 4 is 34.2 Å². The molecule has 0 saturated heterocycles. The molecule has 4 atom stereocenters. The van der Waals surface area contributed by atoms with Crippen molar-refractivity contribution in [1.82, 2.24) is 0 Å². The SMILES string of the molecule is CCOC(=O)c1c(NC(=O)C2C3C=CC(C3)C2C(=O)O)sc(C)c1-c1ccc(C(C)(C)C)cc1. The number of benzene rings is 1. The highest BCUT2D eigenvalue weighted by molar-refractivity contribution is 7.17. The summed E-state index contributed by atoms with van der Waals surface area (Å²) in [6.07, 6.45) is 4.53. The minimum Gasteiger partial charge on any atom is -0.481 e. The molecule has 34 heavy (non-hydrogen) atoms. The molecule has 4 unspecified atom stereocenters. The number of carbonyl (C=O) groups is 3. The van der Waals surface area contributed by atoms with Crippen molar-refractivity contribution < 1.29 is 24.2 Å². The molecular weight excluding hydrogens is 450 g/mol. The first-order valence-electron chi connectivity index (χ1n) is 11.7. The van der Waals surface area contributed by atoms with Gasteiger partial charge >= 0.3 is 11.9 Å². The average Bonchev–Trinajstić information content (AvgIpc) is 3.46. The zero-order valence-corrected chi connectivity index (χ0v) is 21.0. The monoisotopic (exact) mass is 481 g/mol. The number of allylic oxidation sites excluding steroid dienone is 2. The number of ether oxygens (including phenoxy) is 1. The average molecular weight is 482 g/mol. The van der Waals surface area contributed by atoms with E-state index in [2.05, 4.69) is 38.2 Å². The molecule has 1 fully saturated rings. The van der Waals surface area contributed by atoms with Crippen LogP contribution < -0.4 is 5.32 Å². The predicted octanol–water partition coefficient (Wildman–Crippen LogP) is 5.66. The third-order valence-corrected chi connectivity index (χ3v) is 7.91. The second-order valence-corrected chi connectivity index (χ2v) is 11.3. The number of aliphatic carboxylic acids is 1. The van der Waals surface area contributed by atoms with Crippen LogP contribution in [0.4, 0.5) is 5.00 Å². The third-order valence-electron chi connectivity index (χ3n) is 6.89.